The average molecular weight is 354 g/mol. The van der Waals surface area contributed by atoms with Crippen LogP contribution in [0.5, 0.6) is 5.75 Å². The van der Waals surface area contributed by atoms with E-state index < -0.39 is 5.97 Å². The van der Waals surface area contributed by atoms with Gasteiger partial charge in [0, 0.05) is 11.6 Å². The smallest absolute Gasteiger partial charge is 0.355 e. The number of thioether (sulfide) groups is 1. The molecule has 1 unspecified atom stereocenters. The number of carbonyl (C=O) groups is 2. The van der Waals surface area contributed by atoms with Crippen LogP contribution >= 0.6 is 23.4 Å². The molecule has 2 heterocycles. The van der Waals surface area contributed by atoms with E-state index in [2.05, 4.69) is 0 Å². The summed E-state index contributed by atoms with van der Waals surface area (Å²) in [6.45, 7) is 0.141. The normalized spacial score (nSPS) is 20.0. The summed E-state index contributed by atoms with van der Waals surface area (Å²) in [4.78, 5) is 25.7. The van der Waals surface area contributed by atoms with Crippen molar-refractivity contribution < 1.29 is 19.1 Å². The Labute approximate surface area is 143 Å². The van der Waals surface area contributed by atoms with E-state index in [9.17, 15) is 9.59 Å². The van der Waals surface area contributed by atoms with Gasteiger partial charge >= 0.3 is 5.97 Å². The van der Waals surface area contributed by atoms with Gasteiger partial charge in [-0.05, 0) is 23.3 Å². The van der Waals surface area contributed by atoms with Crippen molar-refractivity contribution in [1.82, 2.24) is 4.90 Å². The molecule has 0 aliphatic carbocycles. The number of alkyl halides is 1. The number of amides is 1. The Morgan fingerprint density at radius 2 is 2.13 bits per heavy atom. The minimum absolute atomic E-state index is 0.0398. The number of fused-ring (bicyclic) bond motifs is 1. The van der Waals surface area contributed by atoms with Crippen molar-refractivity contribution in [2.45, 2.75) is 18.4 Å². The maximum absolute atomic E-state index is 12.4. The van der Waals surface area contributed by atoms with Crippen LogP contribution in [0.3, 0.4) is 0 Å². The van der Waals surface area contributed by atoms with Crippen molar-refractivity contribution in [2.75, 3.05) is 18.7 Å². The Morgan fingerprint density at radius 1 is 1.39 bits per heavy atom. The topological polar surface area (TPSA) is 55.8 Å². The molecule has 2 aliphatic rings. The van der Waals surface area contributed by atoms with Gasteiger partial charge in [0.15, 0.2) is 0 Å². The van der Waals surface area contributed by atoms with Crippen molar-refractivity contribution in [3.63, 3.8) is 0 Å². The molecular formula is C16H16ClNO4S. The number of rotatable bonds is 5. The Bertz CT molecular complexity index is 659. The summed E-state index contributed by atoms with van der Waals surface area (Å²) in [5.74, 6) is 1.07. The van der Waals surface area contributed by atoms with E-state index in [0.29, 0.717) is 17.9 Å². The zero-order valence-electron chi connectivity index (χ0n) is 12.6. The number of benzene rings is 1. The summed E-state index contributed by atoms with van der Waals surface area (Å²) in [6, 6.07) is 7.27. The number of hydrogen-bond donors (Lipinski definition) is 0. The van der Waals surface area contributed by atoms with Crippen LogP contribution < -0.4 is 4.74 Å². The number of hydrogen-bond acceptors (Lipinski definition) is 5. The fraction of sp³-hybridized carbons (Fsp3) is 0.375. The molecule has 0 bridgehead atoms. The third kappa shape index (κ3) is 3.19. The molecule has 0 radical (unpaired) electrons. The van der Waals surface area contributed by atoms with E-state index >= 15 is 0 Å². The first-order valence-corrected chi connectivity index (χ1v) is 8.74. The second kappa shape index (κ2) is 6.84. The highest BCUT2D eigenvalue weighted by Crippen LogP contribution is 2.40. The number of halogens is 1. The summed E-state index contributed by atoms with van der Waals surface area (Å²) in [6.07, 6.45) is 0.468. The predicted octanol–water partition coefficient (Wildman–Crippen LogP) is 2.54. The Balaban J connectivity index is 1.70. The van der Waals surface area contributed by atoms with Crippen LogP contribution in [0.25, 0.3) is 0 Å². The summed E-state index contributed by atoms with van der Waals surface area (Å²) in [5.41, 5.74) is 1.93. The van der Waals surface area contributed by atoms with Crippen LogP contribution in [-0.2, 0) is 20.9 Å². The van der Waals surface area contributed by atoms with Gasteiger partial charge in [0.1, 0.15) is 18.1 Å². The number of methoxy groups -OCH3 is 1. The molecule has 0 saturated carbocycles. The molecule has 2 aliphatic heterocycles. The van der Waals surface area contributed by atoms with Crippen LogP contribution in [-0.4, -0.2) is 40.9 Å². The lowest BCUT2D eigenvalue weighted by Crippen LogP contribution is -2.54. The third-order valence-electron chi connectivity index (χ3n) is 3.82. The minimum Gasteiger partial charge on any atom is -0.497 e. The maximum Gasteiger partial charge on any atom is 0.355 e. The van der Waals surface area contributed by atoms with Crippen LogP contribution in [0.2, 0.25) is 0 Å². The number of ether oxygens (including phenoxy) is 2. The van der Waals surface area contributed by atoms with Gasteiger partial charge in [-0.1, -0.05) is 12.1 Å². The molecular weight excluding hydrogens is 338 g/mol. The van der Waals surface area contributed by atoms with Crippen molar-refractivity contribution in [3.8, 4) is 5.75 Å². The lowest BCUT2D eigenvalue weighted by molar-refractivity contribution is -0.150. The fourth-order valence-electron chi connectivity index (χ4n) is 2.51. The molecule has 0 aromatic heterocycles. The van der Waals surface area contributed by atoms with Crippen LogP contribution in [0.15, 0.2) is 35.5 Å². The van der Waals surface area contributed by atoms with E-state index in [1.807, 2.05) is 12.1 Å². The van der Waals surface area contributed by atoms with E-state index in [1.165, 1.54) is 4.90 Å². The first kappa shape index (κ1) is 16.2. The highest BCUT2D eigenvalue weighted by molar-refractivity contribution is 8.00. The van der Waals surface area contributed by atoms with Crippen LogP contribution in [0, 0.1) is 0 Å². The van der Waals surface area contributed by atoms with E-state index in [-0.39, 0.29) is 23.8 Å². The average Bonchev–Trinajstić information content (AvgIpc) is 2.58. The molecule has 0 N–H and O–H groups in total. The molecule has 7 heteroatoms. The number of carbonyl (C=O) groups excluding carboxylic acids is 2. The summed E-state index contributed by atoms with van der Waals surface area (Å²) in [7, 11) is 1.59. The Hall–Kier alpha value is -1.66. The van der Waals surface area contributed by atoms with E-state index in [0.717, 1.165) is 16.9 Å². The molecule has 1 saturated heterocycles. The van der Waals surface area contributed by atoms with E-state index in [4.69, 9.17) is 21.1 Å². The van der Waals surface area contributed by atoms with Crippen molar-refractivity contribution >= 4 is 35.2 Å². The Kier molecular flexibility index (Phi) is 4.82. The first-order chi connectivity index (χ1) is 11.1. The number of nitrogens with zero attached hydrogens (tertiary/aromatic N) is 1. The fourth-order valence-corrected chi connectivity index (χ4v) is 4.11. The lowest BCUT2D eigenvalue weighted by atomic mass is 10.1. The van der Waals surface area contributed by atoms with Crippen molar-refractivity contribution in [1.29, 1.82) is 0 Å². The molecule has 23 heavy (non-hydrogen) atoms. The number of esters is 1. The second-order valence-electron chi connectivity index (χ2n) is 5.24. The Morgan fingerprint density at radius 3 is 2.74 bits per heavy atom. The first-order valence-electron chi connectivity index (χ1n) is 7.15. The van der Waals surface area contributed by atoms with Crippen LogP contribution in [0.1, 0.15) is 12.0 Å². The summed E-state index contributed by atoms with van der Waals surface area (Å²) in [5, 5.41) is 0.0398. The zero-order valence-corrected chi connectivity index (χ0v) is 14.2. The molecule has 5 nitrogen and oxygen atoms in total. The molecule has 1 aromatic rings. The van der Waals surface area contributed by atoms with Gasteiger partial charge in [0.2, 0.25) is 5.91 Å². The summed E-state index contributed by atoms with van der Waals surface area (Å²) >= 11 is 7.55. The molecule has 122 valence electrons. The van der Waals surface area contributed by atoms with Gasteiger partial charge in [-0.2, -0.15) is 0 Å². The standard InChI is InChI=1S/C16H16ClNO4S/c1-21-12-4-2-10(3-5-12)8-22-16(20)15-11(7-17)9-23-14-6-13(19)18(14)15/h2-5,14H,6-9H2,1H3. The third-order valence-corrected chi connectivity index (χ3v) is 5.42. The molecule has 1 amide bonds. The monoisotopic (exact) mass is 353 g/mol. The van der Waals surface area contributed by atoms with Gasteiger partial charge in [0.25, 0.3) is 0 Å². The van der Waals surface area contributed by atoms with E-state index in [1.54, 1.807) is 31.0 Å². The quantitative estimate of drug-likeness (QED) is 0.462. The van der Waals surface area contributed by atoms with Gasteiger partial charge in [-0.3, -0.25) is 9.69 Å². The van der Waals surface area contributed by atoms with Gasteiger partial charge in [-0.25, -0.2) is 4.79 Å². The largest absolute Gasteiger partial charge is 0.497 e. The zero-order chi connectivity index (χ0) is 16.4. The molecule has 1 atom stereocenters. The molecule has 1 aromatic carbocycles. The van der Waals surface area contributed by atoms with Crippen LogP contribution in [0.4, 0.5) is 0 Å². The molecule has 3 rings (SSSR count). The van der Waals surface area contributed by atoms with Gasteiger partial charge < -0.3 is 9.47 Å². The lowest BCUT2D eigenvalue weighted by Gasteiger charge is -2.44. The second-order valence-corrected chi connectivity index (χ2v) is 6.68. The SMILES string of the molecule is COc1ccc(COC(=O)C2=C(CCl)CSC3CC(=O)N23)cc1. The molecule has 0 spiro atoms. The highest BCUT2D eigenvalue weighted by atomic mass is 35.5. The highest BCUT2D eigenvalue weighted by Gasteiger charge is 2.45. The summed E-state index contributed by atoms with van der Waals surface area (Å²) < 4.78 is 10.5. The maximum atomic E-state index is 12.4. The number of β-lactam (4-membered cyclic amide) rings is 1. The van der Waals surface area contributed by atoms with Crippen molar-refractivity contribution in [2.24, 2.45) is 0 Å². The predicted molar refractivity (Wildman–Crippen MR) is 88.2 cm³/mol. The molecule has 1 fully saturated rings. The minimum atomic E-state index is -0.491. The van der Waals surface area contributed by atoms with Crippen molar-refractivity contribution in [3.05, 3.63) is 41.1 Å². The van der Waals surface area contributed by atoms with Gasteiger partial charge in [-0.15, -0.1) is 23.4 Å². The van der Waals surface area contributed by atoms with Gasteiger partial charge in [0.05, 0.1) is 18.9 Å².